The van der Waals surface area contributed by atoms with Crippen molar-refractivity contribution in [3.05, 3.63) is 0 Å². The van der Waals surface area contributed by atoms with Gasteiger partial charge in [0.2, 0.25) is 0 Å². The van der Waals surface area contributed by atoms with Crippen LogP contribution in [0.5, 0.6) is 0 Å². The average Bonchev–Trinajstić information content (AvgIpc) is 2.81. The highest BCUT2D eigenvalue weighted by atomic mass is 16.1. The molecule has 4 fully saturated rings. The van der Waals surface area contributed by atoms with E-state index in [1.807, 2.05) is 0 Å². The molecule has 0 unspecified atom stereocenters. The molecule has 6 atom stereocenters. The maximum atomic E-state index is 12.8. The van der Waals surface area contributed by atoms with Gasteiger partial charge in [0.1, 0.15) is 5.78 Å². The summed E-state index contributed by atoms with van der Waals surface area (Å²) >= 11 is 0. The lowest BCUT2D eigenvalue weighted by Gasteiger charge is -2.59. The fraction of sp³-hybridized carbons (Fsp3) is 0.947. The standard InChI is InChI=1S/C19H30O/c1-18-9-5-7-14(18)13-12-17(20)16-6-3-4-10-19(16,2)15(13)8-11-18/h13-16H,3-12H2,1-2H3/t13-,14+,15-,16+,18+,19+/m0/s1. The molecule has 1 nitrogen and oxygen atoms in total. The first-order valence-corrected chi connectivity index (χ1v) is 9.07. The summed E-state index contributed by atoms with van der Waals surface area (Å²) in [6.07, 6.45) is 13.2. The van der Waals surface area contributed by atoms with Crippen molar-refractivity contribution in [1.82, 2.24) is 0 Å². The molecule has 0 aromatic carbocycles. The van der Waals surface area contributed by atoms with Crippen LogP contribution >= 0.6 is 0 Å². The number of carbonyl (C=O) groups excluding carboxylic acids is 1. The van der Waals surface area contributed by atoms with Crippen LogP contribution in [0.1, 0.15) is 78.1 Å². The van der Waals surface area contributed by atoms with Gasteiger partial charge in [-0.3, -0.25) is 4.79 Å². The summed E-state index contributed by atoms with van der Waals surface area (Å²) in [4.78, 5) is 12.8. The lowest BCUT2D eigenvalue weighted by molar-refractivity contribution is -0.152. The predicted molar refractivity (Wildman–Crippen MR) is 81.4 cm³/mol. The smallest absolute Gasteiger partial charge is 0.136 e. The number of hydrogen-bond donors (Lipinski definition) is 0. The molecule has 0 saturated heterocycles. The molecular formula is C19H30O. The van der Waals surface area contributed by atoms with Gasteiger partial charge < -0.3 is 0 Å². The number of rotatable bonds is 0. The third-order valence-electron chi connectivity index (χ3n) is 8.15. The van der Waals surface area contributed by atoms with E-state index in [0.717, 1.165) is 24.2 Å². The Morgan fingerprint density at radius 1 is 0.900 bits per heavy atom. The maximum absolute atomic E-state index is 12.8. The molecule has 4 aliphatic carbocycles. The number of fused-ring (bicyclic) bond motifs is 5. The molecule has 1 heteroatoms. The third-order valence-corrected chi connectivity index (χ3v) is 8.15. The Bertz CT molecular complexity index is 427. The second-order valence-corrected chi connectivity index (χ2v) is 8.94. The highest BCUT2D eigenvalue weighted by Gasteiger charge is 2.59. The van der Waals surface area contributed by atoms with Gasteiger partial charge in [0.05, 0.1) is 0 Å². The number of carbonyl (C=O) groups is 1. The van der Waals surface area contributed by atoms with Gasteiger partial charge in [-0.1, -0.05) is 33.1 Å². The Kier molecular flexibility index (Phi) is 2.89. The molecule has 0 radical (unpaired) electrons. The Balaban J connectivity index is 1.70. The zero-order chi connectivity index (χ0) is 14.0. The molecule has 0 N–H and O–H groups in total. The van der Waals surface area contributed by atoms with Gasteiger partial charge in [-0.2, -0.15) is 0 Å². The number of hydrogen-bond acceptors (Lipinski definition) is 1. The SMILES string of the molecule is C[C@]12CCC[C@@H]1[C@@H]1CC(=O)[C@H]3CCCC[C@]3(C)[C@H]1CC2. The van der Waals surface area contributed by atoms with E-state index in [1.54, 1.807) is 0 Å². The Labute approximate surface area is 123 Å². The van der Waals surface area contributed by atoms with Gasteiger partial charge in [0.25, 0.3) is 0 Å². The topological polar surface area (TPSA) is 17.1 Å². The fourth-order valence-electron chi connectivity index (χ4n) is 7.09. The van der Waals surface area contributed by atoms with Crippen LogP contribution in [0.3, 0.4) is 0 Å². The fourth-order valence-corrected chi connectivity index (χ4v) is 7.09. The molecule has 4 aliphatic rings. The van der Waals surface area contributed by atoms with Crippen LogP contribution in [-0.4, -0.2) is 5.78 Å². The van der Waals surface area contributed by atoms with Crippen LogP contribution in [0.4, 0.5) is 0 Å². The monoisotopic (exact) mass is 274 g/mol. The zero-order valence-electron chi connectivity index (χ0n) is 13.3. The van der Waals surface area contributed by atoms with E-state index in [4.69, 9.17) is 0 Å². The normalized spacial score (nSPS) is 55.0. The molecule has 112 valence electrons. The first kappa shape index (κ1) is 13.3. The summed E-state index contributed by atoms with van der Waals surface area (Å²) in [5.41, 5.74) is 0.946. The summed E-state index contributed by atoms with van der Waals surface area (Å²) in [6, 6.07) is 0. The summed E-state index contributed by atoms with van der Waals surface area (Å²) in [5, 5.41) is 0. The van der Waals surface area contributed by atoms with Crippen molar-refractivity contribution in [2.45, 2.75) is 78.1 Å². The van der Waals surface area contributed by atoms with Crippen LogP contribution in [0.25, 0.3) is 0 Å². The zero-order valence-corrected chi connectivity index (χ0v) is 13.3. The maximum Gasteiger partial charge on any atom is 0.136 e. The van der Waals surface area contributed by atoms with E-state index in [0.29, 0.717) is 22.5 Å². The van der Waals surface area contributed by atoms with Crippen LogP contribution in [0.2, 0.25) is 0 Å². The average molecular weight is 274 g/mol. The molecule has 4 saturated carbocycles. The molecule has 0 spiro atoms. The van der Waals surface area contributed by atoms with Crippen molar-refractivity contribution < 1.29 is 4.79 Å². The van der Waals surface area contributed by atoms with E-state index in [-0.39, 0.29) is 0 Å². The van der Waals surface area contributed by atoms with E-state index >= 15 is 0 Å². The van der Waals surface area contributed by atoms with Gasteiger partial charge in [-0.05, 0) is 67.1 Å². The number of Topliss-reactive ketones (excluding diaryl/α,β-unsaturated/α-hetero) is 1. The van der Waals surface area contributed by atoms with Crippen LogP contribution < -0.4 is 0 Å². The second-order valence-electron chi connectivity index (χ2n) is 8.94. The minimum absolute atomic E-state index is 0.363. The second kappa shape index (κ2) is 4.34. The Morgan fingerprint density at radius 3 is 2.60 bits per heavy atom. The lowest BCUT2D eigenvalue weighted by Crippen LogP contribution is -2.55. The number of ketones is 1. The largest absolute Gasteiger partial charge is 0.299 e. The molecule has 0 aromatic heterocycles. The van der Waals surface area contributed by atoms with E-state index in [1.165, 1.54) is 57.8 Å². The van der Waals surface area contributed by atoms with Crippen LogP contribution in [-0.2, 0) is 4.79 Å². The predicted octanol–water partition coefficient (Wildman–Crippen LogP) is 4.99. The molecule has 0 aromatic rings. The van der Waals surface area contributed by atoms with Crippen molar-refractivity contribution in [1.29, 1.82) is 0 Å². The summed E-state index contributed by atoms with van der Waals surface area (Å²) in [6.45, 7) is 5.02. The van der Waals surface area contributed by atoms with Crippen LogP contribution in [0.15, 0.2) is 0 Å². The van der Waals surface area contributed by atoms with Crippen LogP contribution in [0, 0.1) is 34.5 Å². The van der Waals surface area contributed by atoms with Crippen molar-refractivity contribution in [3.8, 4) is 0 Å². The molecule has 4 rings (SSSR count). The Hall–Kier alpha value is -0.330. The Morgan fingerprint density at radius 2 is 1.75 bits per heavy atom. The van der Waals surface area contributed by atoms with Crippen molar-refractivity contribution in [2.75, 3.05) is 0 Å². The van der Waals surface area contributed by atoms with Crippen molar-refractivity contribution >= 4 is 5.78 Å². The van der Waals surface area contributed by atoms with Gasteiger partial charge in [0, 0.05) is 12.3 Å². The summed E-state index contributed by atoms with van der Waals surface area (Å²) in [7, 11) is 0. The van der Waals surface area contributed by atoms with Gasteiger partial charge in [-0.25, -0.2) is 0 Å². The molecule has 0 heterocycles. The first-order chi connectivity index (χ1) is 9.55. The quantitative estimate of drug-likeness (QED) is 0.608. The van der Waals surface area contributed by atoms with Gasteiger partial charge in [0.15, 0.2) is 0 Å². The van der Waals surface area contributed by atoms with Gasteiger partial charge >= 0.3 is 0 Å². The highest BCUT2D eigenvalue weighted by molar-refractivity contribution is 5.83. The van der Waals surface area contributed by atoms with Gasteiger partial charge in [-0.15, -0.1) is 0 Å². The molecule has 0 amide bonds. The molecule has 0 aliphatic heterocycles. The first-order valence-electron chi connectivity index (χ1n) is 9.07. The lowest BCUT2D eigenvalue weighted by atomic mass is 9.45. The summed E-state index contributed by atoms with van der Waals surface area (Å²) < 4.78 is 0. The summed E-state index contributed by atoms with van der Waals surface area (Å²) in [5.74, 6) is 3.53. The van der Waals surface area contributed by atoms with E-state index in [9.17, 15) is 4.79 Å². The van der Waals surface area contributed by atoms with E-state index in [2.05, 4.69) is 13.8 Å². The minimum atomic E-state index is 0.363. The molecular weight excluding hydrogens is 244 g/mol. The van der Waals surface area contributed by atoms with E-state index < -0.39 is 0 Å². The van der Waals surface area contributed by atoms with Crippen molar-refractivity contribution in [3.63, 3.8) is 0 Å². The minimum Gasteiger partial charge on any atom is -0.299 e. The molecule has 20 heavy (non-hydrogen) atoms. The van der Waals surface area contributed by atoms with Crippen molar-refractivity contribution in [2.24, 2.45) is 34.5 Å². The molecule has 0 bridgehead atoms. The highest BCUT2D eigenvalue weighted by Crippen LogP contribution is 2.65. The third kappa shape index (κ3) is 1.64.